The number of hydrogen-bond donors (Lipinski definition) is 1. The minimum atomic E-state index is -0.450. The number of benzene rings is 1. The van der Waals surface area contributed by atoms with Crippen LogP contribution in [0, 0.1) is 0 Å². The summed E-state index contributed by atoms with van der Waals surface area (Å²) in [5.41, 5.74) is 1.91. The molecule has 4 aromatic rings. The number of carbonyl (C=O) groups excluding carboxylic acids is 1. The second kappa shape index (κ2) is 8.87. The van der Waals surface area contributed by atoms with Gasteiger partial charge in [0.05, 0.1) is 19.0 Å². The first-order valence-electron chi connectivity index (χ1n) is 9.22. The molecule has 0 aliphatic heterocycles. The standard InChI is InChI=1S/C22H19N5O3/c1-29-19-14-27(17-6-3-2-4-7-17)26-20(19)22(28)25-21-18(8-5-11-24-21)30-15-16-9-12-23-13-10-16/h2-14H,15H2,1H3,(H,24,25,28). The van der Waals surface area contributed by atoms with Crippen molar-refractivity contribution in [3.05, 3.63) is 90.6 Å². The average molecular weight is 401 g/mol. The largest absolute Gasteiger partial charge is 0.493 e. The Balaban J connectivity index is 1.54. The van der Waals surface area contributed by atoms with Gasteiger partial charge in [0.1, 0.15) is 6.61 Å². The van der Waals surface area contributed by atoms with E-state index in [1.165, 1.54) is 7.11 Å². The zero-order valence-corrected chi connectivity index (χ0v) is 16.2. The Labute approximate surface area is 173 Å². The molecule has 30 heavy (non-hydrogen) atoms. The molecule has 0 bridgehead atoms. The van der Waals surface area contributed by atoms with Crippen molar-refractivity contribution in [2.45, 2.75) is 6.61 Å². The zero-order valence-electron chi connectivity index (χ0n) is 16.2. The molecule has 0 aliphatic rings. The van der Waals surface area contributed by atoms with Crippen LogP contribution in [0.3, 0.4) is 0 Å². The molecule has 0 atom stereocenters. The van der Waals surface area contributed by atoms with Crippen molar-refractivity contribution in [3.8, 4) is 17.2 Å². The third-order valence-electron chi connectivity index (χ3n) is 4.28. The minimum absolute atomic E-state index is 0.145. The van der Waals surface area contributed by atoms with Gasteiger partial charge in [0.2, 0.25) is 0 Å². The summed E-state index contributed by atoms with van der Waals surface area (Å²) in [6.45, 7) is 0.322. The molecular weight excluding hydrogens is 382 g/mol. The van der Waals surface area contributed by atoms with E-state index >= 15 is 0 Å². The molecule has 0 radical (unpaired) electrons. The summed E-state index contributed by atoms with van der Waals surface area (Å²) in [5.74, 6) is 0.650. The van der Waals surface area contributed by atoms with Crippen molar-refractivity contribution in [1.29, 1.82) is 0 Å². The smallest absolute Gasteiger partial charge is 0.281 e. The van der Waals surface area contributed by atoms with E-state index in [4.69, 9.17) is 9.47 Å². The lowest BCUT2D eigenvalue weighted by Gasteiger charge is -2.11. The van der Waals surface area contributed by atoms with Gasteiger partial charge >= 0.3 is 0 Å². The van der Waals surface area contributed by atoms with Gasteiger partial charge in [-0.1, -0.05) is 18.2 Å². The maximum absolute atomic E-state index is 12.9. The number of hydrogen-bond acceptors (Lipinski definition) is 6. The third-order valence-corrected chi connectivity index (χ3v) is 4.28. The van der Waals surface area contributed by atoms with E-state index in [9.17, 15) is 4.79 Å². The molecule has 1 aromatic carbocycles. The molecule has 0 fully saturated rings. The van der Waals surface area contributed by atoms with Crippen LogP contribution in [-0.2, 0) is 6.61 Å². The van der Waals surface area contributed by atoms with Crippen molar-refractivity contribution >= 4 is 11.7 Å². The summed E-state index contributed by atoms with van der Waals surface area (Å²) in [6.07, 6.45) is 6.62. The van der Waals surface area contributed by atoms with E-state index in [2.05, 4.69) is 20.4 Å². The van der Waals surface area contributed by atoms with Crippen LogP contribution < -0.4 is 14.8 Å². The van der Waals surface area contributed by atoms with Crippen molar-refractivity contribution in [2.24, 2.45) is 0 Å². The first-order chi connectivity index (χ1) is 14.7. The number of nitrogens with one attached hydrogen (secondary N) is 1. The summed E-state index contributed by atoms with van der Waals surface area (Å²) in [7, 11) is 1.49. The number of amides is 1. The van der Waals surface area contributed by atoms with Crippen molar-refractivity contribution in [3.63, 3.8) is 0 Å². The fourth-order valence-corrected chi connectivity index (χ4v) is 2.79. The van der Waals surface area contributed by atoms with Crippen LogP contribution in [0.4, 0.5) is 5.82 Å². The Kier molecular flexibility index (Phi) is 5.66. The lowest BCUT2D eigenvalue weighted by atomic mass is 10.3. The summed E-state index contributed by atoms with van der Waals surface area (Å²) < 4.78 is 12.8. The molecule has 4 rings (SSSR count). The molecule has 3 aromatic heterocycles. The maximum Gasteiger partial charge on any atom is 0.281 e. The molecular formula is C22H19N5O3. The molecule has 8 heteroatoms. The fourth-order valence-electron chi connectivity index (χ4n) is 2.79. The summed E-state index contributed by atoms with van der Waals surface area (Å²) in [6, 6.07) is 16.7. The summed E-state index contributed by atoms with van der Waals surface area (Å²) in [5, 5.41) is 7.13. The molecule has 3 heterocycles. The monoisotopic (exact) mass is 401 g/mol. The molecule has 0 saturated heterocycles. The van der Waals surface area contributed by atoms with E-state index in [0.29, 0.717) is 23.9 Å². The highest BCUT2D eigenvalue weighted by molar-refractivity contribution is 6.04. The predicted octanol–water partition coefficient (Wildman–Crippen LogP) is 3.50. The second-order valence-electron chi connectivity index (χ2n) is 6.27. The Bertz CT molecular complexity index is 1130. The number of carbonyl (C=O) groups is 1. The molecule has 0 saturated carbocycles. The van der Waals surface area contributed by atoms with Gasteiger partial charge in [0.15, 0.2) is 23.0 Å². The van der Waals surface area contributed by atoms with Gasteiger partial charge in [0.25, 0.3) is 5.91 Å². The van der Waals surface area contributed by atoms with Gasteiger partial charge in [-0.2, -0.15) is 5.10 Å². The molecule has 8 nitrogen and oxygen atoms in total. The first-order valence-corrected chi connectivity index (χ1v) is 9.22. The topological polar surface area (TPSA) is 91.2 Å². The van der Waals surface area contributed by atoms with Crippen LogP contribution >= 0.6 is 0 Å². The molecule has 1 amide bonds. The van der Waals surface area contributed by atoms with Crippen molar-refractivity contribution in [2.75, 3.05) is 12.4 Å². The normalized spacial score (nSPS) is 10.4. The number of para-hydroxylation sites is 1. The maximum atomic E-state index is 12.9. The van der Waals surface area contributed by atoms with Crippen LogP contribution in [0.15, 0.2) is 79.4 Å². The highest BCUT2D eigenvalue weighted by Crippen LogP contribution is 2.25. The first kappa shape index (κ1) is 19.1. The van der Waals surface area contributed by atoms with Crippen LogP contribution in [0.1, 0.15) is 16.1 Å². The summed E-state index contributed by atoms with van der Waals surface area (Å²) in [4.78, 5) is 21.1. The van der Waals surface area contributed by atoms with E-state index in [0.717, 1.165) is 11.3 Å². The number of aromatic nitrogens is 4. The number of rotatable bonds is 7. The zero-order chi connectivity index (χ0) is 20.8. The number of methoxy groups -OCH3 is 1. The quantitative estimate of drug-likeness (QED) is 0.510. The van der Waals surface area contributed by atoms with Crippen LogP contribution in [-0.4, -0.2) is 32.8 Å². The molecule has 150 valence electrons. The molecule has 0 spiro atoms. The predicted molar refractivity (Wildman–Crippen MR) is 111 cm³/mol. The van der Waals surface area contributed by atoms with Crippen molar-refractivity contribution < 1.29 is 14.3 Å². The average Bonchev–Trinajstić information content (AvgIpc) is 3.25. The van der Waals surface area contributed by atoms with E-state index < -0.39 is 5.91 Å². The number of anilines is 1. The SMILES string of the molecule is COc1cn(-c2ccccc2)nc1C(=O)Nc1ncccc1OCc1ccncc1. The Hall–Kier alpha value is -4.20. The van der Waals surface area contributed by atoms with E-state index in [-0.39, 0.29) is 5.69 Å². The van der Waals surface area contributed by atoms with Gasteiger partial charge < -0.3 is 14.8 Å². The van der Waals surface area contributed by atoms with Crippen LogP contribution in [0.2, 0.25) is 0 Å². The molecule has 0 unspecified atom stereocenters. The van der Waals surface area contributed by atoms with Gasteiger partial charge in [0, 0.05) is 18.6 Å². The van der Waals surface area contributed by atoms with Gasteiger partial charge in [-0.15, -0.1) is 0 Å². The molecule has 1 N–H and O–H groups in total. The number of pyridine rings is 2. The number of nitrogens with zero attached hydrogens (tertiary/aromatic N) is 4. The second-order valence-corrected chi connectivity index (χ2v) is 6.27. The lowest BCUT2D eigenvalue weighted by molar-refractivity contribution is 0.101. The Morgan fingerprint density at radius 1 is 1.00 bits per heavy atom. The Morgan fingerprint density at radius 2 is 1.80 bits per heavy atom. The summed E-state index contributed by atoms with van der Waals surface area (Å²) >= 11 is 0. The Morgan fingerprint density at radius 3 is 2.57 bits per heavy atom. The van der Waals surface area contributed by atoms with E-state index in [1.54, 1.807) is 41.6 Å². The van der Waals surface area contributed by atoms with Gasteiger partial charge in [-0.25, -0.2) is 9.67 Å². The number of ether oxygens (including phenoxy) is 2. The van der Waals surface area contributed by atoms with Crippen LogP contribution in [0.5, 0.6) is 11.5 Å². The highest BCUT2D eigenvalue weighted by Gasteiger charge is 2.20. The van der Waals surface area contributed by atoms with Crippen molar-refractivity contribution in [1.82, 2.24) is 19.7 Å². The third kappa shape index (κ3) is 4.27. The van der Waals surface area contributed by atoms with E-state index in [1.807, 2.05) is 42.5 Å². The minimum Gasteiger partial charge on any atom is -0.493 e. The van der Waals surface area contributed by atoms with Crippen LogP contribution in [0.25, 0.3) is 5.69 Å². The van der Waals surface area contributed by atoms with Gasteiger partial charge in [-0.3, -0.25) is 9.78 Å². The van der Waals surface area contributed by atoms with Gasteiger partial charge in [-0.05, 0) is 42.0 Å². The fraction of sp³-hybridized carbons (Fsp3) is 0.0909. The highest BCUT2D eigenvalue weighted by atomic mass is 16.5. The lowest BCUT2D eigenvalue weighted by Crippen LogP contribution is -2.16. The molecule has 0 aliphatic carbocycles.